The molecule has 15 heavy (non-hydrogen) atoms. The topological polar surface area (TPSA) is 105 Å². The number of primary amides is 1. The zero-order valence-electron chi connectivity index (χ0n) is 9.22. The molecule has 7 N–H and O–H groups in total. The fourth-order valence-electron chi connectivity index (χ4n) is 1.04. The summed E-state index contributed by atoms with van der Waals surface area (Å²) in [5, 5.41) is 9.55. The van der Waals surface area contributed by atoms with Gasteiger partial charge in [0, 0.05) is 52.2 Å². The highest BCUT2D eigenvalue weighted by atomic mass is 16.1. The molecule has 6 nitrogen and oxygen atoms in total. The zero-order valence-corrected chi connectivity index (χ0v) is 9.22. The van der Waals surface area contributed by atoms with Crippen LogP contribution in [0.3, 0.4) is 0 Å². The molecule has 0 aliphatic carbocycles. The van der Waals surface area contributed by atoms with Crippen molar-refractivity contribution in [2.75, 3.05) is 45.8 Å². The van der Waals surface area contributed by atoms with E-state index in [1.807, 2.05) is 0 Å². The Hall–Kier alpha value is -0.690. The number of carbonyl (C=O) groups is 1. The minimum Gasteiger partial charge on any atom is -0.370 e. The first-order valence-corrected chi connectivity index (χ1v) is 5.38. The molecule has 0 saturated carbocycles. The number of hydrogen-bond acceptors (Lipinski definition) is 5. The first-order chi connectivity index (χ1) is 7.27. The molecule has 0 aromatic rings. The van der Waals surface area contributed by atoms with Gasteiger partial charge in [0.15, 0.2) is 0 Å². The molecule has 0 radical (unpaired) electrons. The SMILES string of the molecule is NCCNCCNCCNCCC(N)=O. The first-order valence-electron chi connectivity index (χ1n) is 5.38. The Balaban J connectivity index is 2.89. The van der Waals surface area contributed by atoms with Gasteiger partial charge in [-0.1, -0.05) is 0 Å². The van der Waals surface area contributed by atoms with Crippen LogP contribution in [0.5, 0.6) is 0 Å². The quantitative estimate of drug-likeness (QED) is 0.248. The van der Waals surface area contributed by atoms with Crippen LogP contribution in [0.2, 0.25) is 0 Å². The molecular weight excluding hydrogens is 194 g/mol. The maximum absolute atomic E-state index is 10.4. The number of hydrogen-bond donors (Lipinski definition) is 5. The summed E-state index contributed by atoms with van der Waals surface area (Å²) in [5.41, 5.74) is 10.3. The normalized spacial score (nSPS) is 10.5. The van der Waals surface area contributed by atoms with Crippen molar-refractivity contribution in [3.8, 4) is 0 Å². The summed E-state index contributed by atoms with van der Waals surface area (Å²) in [6.45, 7) is 5.79. The first kappa shape index (κ1) is 14.3. The van der Waals surface area contributed by atoms with E-state index in [0.717, 1.165) is 32.7 Å². The minimum absolute atomic E-state index is 0.263. The lowest BCUT2D eigenvalue weighted by atomic mass is 10.4. The molecule has 90 valence electrons. The molecule has 0 aliphatic rings. The molecular formula is C9H23N5O. The Kier molecular flexibility index (Phi) is 10.9. The predicted molar refractivity (Wildman–Crippen MR) is 61.5 cm³/mol. The van der Waals surface area contributed by atoms with Gasteiger partial charge in [0.25, 0.3) is 0 Å². The lowest BCUT2D eigenvalue weighted by molar-refractivity contribution is -0.117. The van der Waals surface area contributed by atoms with Crippen LogP contribution in [0.15, 0.2) is 0 Å². The third-order valence-electron chi connectivity index (χ3n) is 1.83. The highest BCUT2D eigenvalue weighted by Crippen LogP contribution is 1.71. The lowest BCUT2D eigenvalue weighted by Crippen LogP contribution is -2.34. The van der Waals surface area contributed by atoms with E-state index >= 15 is 0 Å². The number of amides is 1. The maximum atomic E-state index is 10.4. The third-order valence-corrected chi connectivity index (χ3v) is 1.83. The van der Waals surface area contributed by atoms with Crippen LogP contribution < -0.4 is 27.4 Å². The Morgan fingerprint density at radius 3 is 1.80 bits per heavy atom. The number of rotatable bonds is 11. The van der Waals surface area contributed by atoms with E-state index in [1.165, 1.54) is 0 Å². The monoisotopic (exact) mass is 217 g/mol. The number of nitrogens with one attached hydrogen (secondary N) is 3. The lowest BCUT2D eigenvalue weighted by Gasteiger charge is -2.06. The van der Waals surface area contributed by atoms with Crippen molar-refractivity contribution >= 4 is 5.91 Å². The smallest absolute Gasteiger partial charge is 0.218 e. The molecule has 0 unspecified atom stereocenters. The molecule has 0 aromatic heterocycles. The van der Waals surface area contributed by atoms with Crippen molar-refractivity contribution in [2.24, 2.45) is 11.5 Å². The van der Waals surface area contributed by atoms with Crippen LogP contribution in [0.25, 0.3) is 0 Å². The van der Waals surface area contributed by atoms with Crippen molar-refractivity contribution in [1.29, 1.82) is 0 Å². The van der Waals surface area contributed by atoms with E-state index in [1.54, 1.807) is 0 Å². The summed E-state index contributed by atoms with van der Waals surface area (Å²) >= 11 is 0. The van der Waals surface area contributed by atoms with Crippen molar-refractivity contribution in [3.63, 3.8) is 0 Å². The summed E-state index contributed by atoms with van der Waals surface area (Å²) in [7, 11) is 0. The van der Waals surface area contributed by atoms with Crippen LogP contribution in [0, 0.1) is 0 Å². The molecule has 0 fully saturated rings. The Bertz CT molecular complexity index is 153. The summed E-state index contributed by atoms with van der Waals surface area (Å²) < 4.78 is 0. The van der Waals surface area contributed by atoms with Crippen molar-refractivity contribution < 1.29 is 4.79 Å². The van der Waals surface area contributed by atoms with Gasteiger partial charge in [-0.2, -0.15) is 0 Å². The molecule has 0 aromatic carbocycles. The molecule has 0 bridgehead atoms. The summed E-state index contributed by atoms with van der Waals surface area (Å²) in [5.74, 6) is -0.263. The predicted octanol–water partition coefficient (Wildman–Crippen LogP) is -2.41. The van der Waals surface area contributed by atoms with Gasteiger partial charge >= 0.3 is 0 Å². The van der Waals surface area contributed by atoms with Crippen LogP contribution in [0.4, 0.5) is 0 Å². The van der Waals surface area contributed by atoms with Gasteiger partial charge in [-0.15, -0.1) is 0 Å². The average molecular weight is 217 g/mol. The van der Waals surface area contributed by atoms with Gasteiger partial charge in [-0.05, 0) is 0 Å². The highest BCUT2D eigenvalue weighted by molar-refractivity contribution is 5.73. The van der Waals surface area contributed by atoms with Crippen LogP contribution in [-0.2, 0) is 4.79 Å². The summed E-state index contributed by atoms with van der Waals surface area (Å²) in [6.07, 6.45) is 0.401. The van der Waals surface area contributed by atoms with E-state index in [2.05, 4.69) is 16.0 Å². The van der Waals surface area contributed by atoms with Gasteiger partial charge in [0.2, 0.25) is 5.91 Å². The van der Waals surface area contributed by atoms with Crippen LogP contribution in [-0.4, -0.2) is 51.7 Å². The molecule has 0 saturated heterocycles. The average Bonchev–Trinajstić information content (AvgIpc) is 2.20. The van der Waals surface area contributed by atoms with E-state index < -0.39 is 0 Å². The van der Waals surface area contributed by atoms with Gasteiger partial charge in [0.1, 0.15) is 0 Å². The van der Waals surface area contributed by atoms with Crippen molar-refractivity contribution in [3.05, 3.63) is 0 Å². The molecule has 0 rings (SSSR count). The Morgan fingerprint density at radius 1 is 0.867 bits per heavy atom. The second-order valence-electron chi connectivity index (χ2n) is 3.25. The van der Waals surface area contributed by atoms with E-state index in [0.29, 0.717) is 19.5 Å². The fourth-order valence-corrected chi connectivity index (χ4v) is 1.04. The second-order valence-corrected chi connectivity index (χ2v) is 3.25. The van der Waals surface area contributed by atoms with Gasteiger partial charge in [0.05, 0.1) is 0 Å². The molecule has 0 aliphatic heterocycles. The second kappa shape index (κ2) is 11.4. The maximum Gasteiger partial charge on any atom is 0.218 e. The van der Waals surface area contributed by atoms with Crippen LogP contribution in [0.1, 0.15) is 6.42 Å². The summed E-state index contributed by atoms with van der Waals surface area (Å²) in [4.78, 5) is 10.4. The standard InChI is InChI=1S/C9H23N5O/c10-2-4-13-6-8-14-7-5-12-3-1-9(11)15/h12-14H,1-8,10H2,(H2,11,15). The van der Waals surface area contributed by atoms with E-state index in [-0.39, 0.29) is 5.91 Å². The molecule has 0 spiro atoms. The minimum atomic E-state index is -0.263. The number of nitrogens with two attached hydrogens (primary N) is 2. The van der Waals surface area contributed by atoms with Crippen LogP contribution >= 0.6 is 0 Å². The van der Waals surface area contributed by atoms with Gasteiger partial charge < -0.3 is 27.4 Å². The van der Waals surface area contributed by atoms with Gasteiger partial charge in [-0.3, -0.25) is 4.79 Å². The third kappa shape index (κ3) is 13.3. The Labute approximate surface area is 91.1 Å². The highest BCUT2D eigenvalue weighted by Gasteiger charge is 1.92. The van der Waals surface area contributed by atoms with Gasteiger partial charge in [-0.25, -0.2) is 0 Å². The summed E-state index contributed by atoms with van der Waals surface area (Å²) in [6, 6.07) is 0. The van der Waals surface area contributed by atoms with Crippen molar-refractivity contribution in [2.45, 2.75) is 6.42 Å². The number of carbonyl (C=O) groups excluding carboxylic acids is 1. The molecule has 6 heteroatoms. The fraction of sp³-hybridized carbons (Fsp3) is 0.889. The zero-order chi connectivity index (χ0) is 11.4. The largest absolute Gasteiger partial charge is 0.370 e. The molecule has 0 heterocycles. The Morgan fingerprint density at radius 2 is 1.33 bits per heavy atom. The van der Waals surface area contributed by atoms with E-state index in [4.69, 9.17) is 11.5 Å². The van der Waals surface area contributed by atoms with E-state index in [9.17, 15) is 4.79 Å². The van der Waals surface area contributed by atoms with Crippen molar-refractivity contribution in [1.82, 2.24) is 16.0 Å². The molecule has 0 atom stereocenters. The molecule has 1 amide bonds.